The Balaban J connectivity index is 1.52. The van der Waals surface area contributed by atoms with E-state index in [1.54, 1.807) is 12.1 Å². The maximum atomic E-state index is 14.0. The smallest absolute Gasteiger partial charge is 0.307 e. The number of carbonyl (C=O) groups is 1. The SMILES string of the molecule is CN(c1nc2ccc(F)cc2o1)C1CCc2c(CC(=O)O)c3ccc(F)cc3n2C1. The van der Waals surface area contributed by atoms with E-state index in [-0.39, 0.29) is 24.1 Å². The van der Waals surface area contributed by atoms with Crippen molar-refractivity contribution in [1.29, 1.82) is 0 Å². The van der Waals surface area contributed by atoms with E-state index in [1.807, 2.05) is 16.5 Å². The molecule has 3 heterocycles. The lowest BCUT2D eigenvalue weighted by Crippen LogP contribution is -2.39. The number of carboxylic acids is 1. The third-order valence-corrected chi connectivity index (χ3v) is 5.87. The predicted octanol–water partition coefficient (Wildman–Crippen LogP) is 4.14. The number of aromatic nitrogens is 2. The lowest BCUT2D eigenvalue weighted by atomic mass is 9.99. The van der Waals surface area contributed by atoms with E-state index in [0.717, 1.165) is 23.1 Å². The summed E-state index contributed by atoms with van der Waals surface area (Å²) < 4.78 is 35.2. The first kappa shape index (κ1) is 18.6. The fourth-order valence-electron chi connectivity index (χ4n) is 4.40. The number of carboxylic acid groups (broad SMARTS) is 1. The molecule has 2 aromatic heterocycles. The van der Waals surface area contributed by atoms with Crippen LogP contribution in [0.15, 0.2) is 40.8 Å². The Hall–Kier alpha value is -3.42. The lowest BCUT2D eigenvalue weighted by molar-refractivity contribution is -0.136. The average molecular weight is 411 g/mol. The molecular formula is C22H19F2N3O3. The molecule has 2 aromatic carbocycles. The van der Waals surface area contributed by atoms with Crippen LogP contribution in [0.2, 0.25) is 0 Å². The molecule has 0 spiro atoms. The number of oxazole rings is 1. The molecule has 0 fully saturated rings. The molecule has 154 valence electrons. The minimum atomic E-state index is -0.910. The highest BCUT2D eigenvalue weighted by Crippen LogP contribution is 2.34. The van der Waals surface area contributed by atoms with E-state index < -0.39 is 5.97 Å². The van der Waals surface area contributed by atoms with Gasteiger partial charge in [0.2, 0.25) is 0 Å². The Bertz CT molecular complexity index is 1290. The molecular weight excluding hydrogens is 392 g/mol. The Morgan fingerprint density at radius 1 is 1.27 bits per heavy atom. The van der Waals surface area contributed by atoms with E-state index in [0.29, 0.717) is 35.6 Å². The van der Waals surface area contributed by atoms with Gasteiger partial charge >= 0.3 is 5.97 Å². The molecule has 1 aliphatic rings. The number of aliphatic carboxylic acids is 1. The molecule has 1 unspecified atom stereocenters. The summed E-state index contributed by atoms with van der Waals surface area (Å²) in [5, 5.41) is 10.1. The van der Waals surface area contributed by atoms with Gasteiger partial charge in [0.25, 0.3) is 6.01 Å². The van der Waals surface area contributed by atoms with E-state index in [4.69, 9.17) is 4.42 Å². The lowest BCUT2D eigenvalue weighted by Gasteiger charge is -2.32. The zero-order valence-electron chi connectivity index (χ0n) is 16.2. The molecule has 0 aliphatic carbocycles. The average Bonchev–Trinajstić information content (AvgIpc) is 3.26. The van der Waals surface area contributed by atoms with Gasteiger partial charge in [-0.3, -0.25) is 4.79 Å². The number of anilines is 1. The number of benzene rings is 2. The standard InChI is InChI=1S/C22H19F2N3O3/c1-26(22-25-17-6-3-13(24)9-20(17)30-22)14-4-7-18-16(10-21(28)29)15-5-2-12(23)8-19(15)27(18)11-14/h2-3,5-6,8-9,14H,4,7,10-11H2,1H3,(H,28,29). The second-order valence-corrected chi connectivity index (χ2v) is 7.68. The molecule has 0 saturated carbocycles. The van der Waals surface area contributed by atoms with Crippen molar-refractivity contribution in [3.63, 3.8) is 0 Å². The number of fused-ring (bicyclic) bond motifs is 4. The third kappa shape index (κ3) is 2.99. The molecule has 1 atom stereocenters. The summed E-state index contributed by atoms with van der Waals surface area (Å²) in [7, 11) is 1.86. The molecule has 30 heavy (non-hydrogen) atoms. The highest BCUT2D eigenvalue weighted by atomic mass is 19.1. The van der Waals surface area contributed by atoms with E-state index in [9.17, 15) is 18.7 Å². The van der Waals surface area contributed by atoms with Gasteiger partial charge in [0, 0.05) is 30.7 Å². The second kappa shape index (κ2) is 6.83. The number of likely N-dealkylation sites (N-methyl/N-ethyl adjacent to an activating group) is 1. The summed E-state index contributed by atoms with van der Waals surface area (Å²) in [4.78, 5) is 17.7. The summed E-state index contributed by atoms with van der Waals surface area (Å²) in [5.41, 5.74) is 3.33. The van der Waals surface area contributed by atoms with Crippen LogP contribution >= 0.6 is 0 Å². The second-order valence-electron chi connectivity index (χ2n) is 7.68. The van der Waals surface area contributed by atoms with Gasteiger partial charge in [-0.25, -0.2) is 8.78 Å². The van der Waals surface area contributed by atoms with E-state index in [1.165, 1.54) is 24.3 Å². The summed E-state index contributed by atoms with van der Waals surface area (Å²) >= 11 is 0. The van der Waals surface area contributed by atoms with Crippen molar-refractivity contribution < 1.29 is 23.1 Å². The Labute approximate surface area is 170 Å². The highest BCUT2D eigenvalue weighted by Gasteiger charge is 2.29. The fourth-order valence-corrected chi connectivity index (χ4v) is 4.40. The van der Waals surface area contributed by atoms with E-state index >= 15 is 0 Å². The van der Waals surface area contributed by atoms with Gasteiger partial charge in [-0.1, -0.05) is 0 Å². The van der Waals surface area contributed by atoms with Crippen molar-refractivity contribution in [2.45, 2.75) is 31.8 Å². The van der Waals surface area contributed by atoms with Crippen LogP contribution < -0.4 is 4.90 Å². The zero-order chi connectivity index (χ0) is 21.0. The largest absolute Gasteiger partial charge is 0.481 e. The van der Waals surface area contributed by atoms with Crippen molar-refractivity contribution in [2.75, 3.05) is 11.9 Å². The Morgan fingerprint density at radius 3 is 2.83 bits per heavy atom. The molecule has 0 amide bonds. The molecule has 5 rings (SSSR count). The van der Waals surface area contributed by atoms with Gasteiger partial charge in [-0.05, 0) is 48.7 Å². The molecule has 0 radical (unpaired) electrons. The van der Waals surface area contributed by atoms with Crippen LogP contribution in [0.3, 0.4) is 0 Å². The molecule has 0 bridgehead atoms. The number of rotatable bonds is 4. The van der Waals surface area contributed by atoms with Crippen LogP contribution in [0.5, 0.6) is 0 Å². The maximum absolute atomic E-state index is 14.0. The Kier molecular flexibility index (Phi) is 4.23. The fraction of sp³-hybridized carbons (Fsp3) is 0.273. The van der Waals surface area contributed by atoms with Crippen LogP contribution in [-0.4, -0.2) is 33.7 Å². The van der Waals surface area contributed by atoms with Crippen molar-refractivity contribution in [2.24, 2.45) is 0 Å². The van der Waals surface area contributed by atoms with Gasteiger partial charge in [0.15, 0.2) is 5.58 Å². The highest BCUT2D eigenvalue weighted by molar-refractivity contribution is 5.89. The first-order valence-electron chi connectivity index (χ1n) is 9.71. The molecule has 1 aliphatic heterocycles. The number of hydrogen-bond acceptors (Lipinski definition) is 4. The first-order valence-corrected chi connectivity index (χ1v) is 9.71. The summed E-state index contributed by atoms with van der Waals surface area (Å²) in [6, 6.07) is 9.08. The molecule has 1 N–H and O–H groups in total. The van der Waals surface area contributed by atoms with Crippen LogP contribution in [0.25, 0.3) is 22.0 Å². The van der Waals surface area contributed by atoms with Crippen molar-refractivity contribution in [3.05, 3.63) is 59.3 Å². The third-order valence-electron chi connectivity index (χ3n) is 5.87. The normalized spacial score (nSPS) is 16.2. The molecule has 4 aromatic rings. The van der Waals surface area contributed by atoms with E-state index in [2.05, 4.69) is 4.98 Å². The van der Waals surface area contributed by atoms with Gasteiger partial charge < -0.3 is 19.0 Å². The zero-order valence-corrected chi connectivity index (χ0v) is 16.2. The van der Waals surface area contributed by atoms with Crippen LogP contribution in [-0.2, 0) is 24.2 Å². The quantitative estimate of drug-likeness (QED) is 0.547. The topological polar surface area (TPSA) is 71.5 Å². The minimum Gasteiger partial charge on any atom is -0.481 e. The van der Waals surface area contributed by atoms with Crippen molar-refractivity contribution in [1.82, 2.24) is 9.55 Å². The van der Waals surface area contributed by atoms with Crippen molar-refractivity contribution in [3.8, 4) is 0 Å². The molecule has 0 saturated heterocycles. The predicted molar refractivity (Wildman–Crippen MR) is 108 cm³/mol. The van der Waals surface area contributed by atoms with Gasteiger partial charge in [0.05, 0.1) is 18.0 Å². The van der Waals surface area contributed by atoms with Gasteiger partial charge in [-0.2, -0.15) is 4.98 Å². The molecule has 8 heteroatoms. The maximum Gasteiger partial charge on any atom is 0.307 e. The Morgan fingerprint density at radius 2 is 2.03 bits per heavy atom. The van der Waals surface area contributed by atoms with Crippen LogP contribution in [0.4, 0.5) is 14.8 Å². The van der Waals surface area contributed by atoms with Gasteiger partial charge in [-0.15, -0.1) is 0 Å². The monoisotopic (exact) mass is 411 g/mol. The number of nitrogens with zero attached hydrogens (tertiary/aromatic N) is 3. The number of hydrogen-bond donors (Lipinski definition) is 1. The van der Waals surface area contributed by atoms with Crippen molar-refractivity contribution >= 4 is 34.0 Å². The van der Waals surface area contributed by atoms with Gasteiger partial charge in [0.1, 0.15) is 17.2 Å². The van der Waals surface area contributed by atoms with Crippen LogP contribution in [0.1, 0.15) is 17.7 Å². The molecule has 6 nitrogen and oxygen atoms in total. The summed E-state index contributed by atoms with van der Waals surface area (Å²) in [6.45, 7) is 0.540. The van der Waals surface area contributed by atoms with Crippen LogP contribution in [0, 0.1) is 11.6 Å². The minimum absolute atomic E-state index is 0.00644. The summed E-state index contributed by atoms with van der Waals surface area (Å²) in [6.07, 6.45) is 1.32. The summed E-state index contributed by atoms with van der Waals surface area (Å²) in [5.74, 6) is -1.66. The number of halogens is 2. The first-order chi connectivity index (χ1) is 14.4.